The minimum atomic E-state index is 0.0339. The Morgan fingerprint density at radius 2 is 2.14 bits per heavy atom. The molecule has 5 nitrogen and oxygen atoms in total. The van der Waals surface area contributed by atoms with E-state index in [0.29, 0.717) is 25.0 Å². The number of H-pyrrole nitrogens is 1. The summed E-state index contributed by atoms with van der Waals surface area (Å²) in [6.07, 6.45) is 5.32. The fraction of sp³-hybridized carbons (Fsp3) is 0.478. The number of aromatic nitrogens is 1. The van der Waals surface area contributed by atoms with E-state index in [9.17, 15) is 9.90 Å². The monoisotopic (exact) mass is 382 g/mol. The largest absolute Gasteiger partial charge is 0.511 e. The number of nitrogens with zero attached hydrogens (tertiary/aromatic N) is 1. The molecule has 2 aromatic rings. The molecular weight excluding hydrogens is 352 g/mol. The molecule has 3 rings (SSSR count). The second kappa shape index (κ2) is 9.09. The number of allylic oxidation sites excluding steroid dienone is 2. The van der Waals surface area contributed by atoms with Crippen LogP contribution in [0, 0.1) is 6.92 Å². The predicted molar refractivity (Wildman–Crippen MR) is 114 cm³/mol. The Hall–Kier alpha value is -2.56. The normalized spacial score (nSPS) is 15.5. The number of hydrogen-bond acceptors (Lipinski definition) is 4. The molecular formula is C23H30N2O3. The number of rotatable bonds is 8. The summed E-state index contributed by atoms with van der Waals surface area (Å²) in [6.45, 7) is 4.79. The first-order chi connectivity index (χ1) is 13.5. The van der Waals surface area contributed by atoms with E-state index < -0.39 is 0 Å². The first-order valence-electron chi connectivity index (χ1n) is 10.2. The lowest BCUT2D eigenvalue weighted by Crippen LogP contribution is -2.20. The third-order valence-electron chi connectivity index (χ3n) is 5.43. The molecule has 0 saturated heterocycles. The second-order valence-electron chi connectivity index (χ2n) is 7.42. The van der Waals surface area contributed by atoms with Crippen molar-refractivity contribution in [1.29, 1.82) is 0 Å². The topological polar surface area (TPSA) is 74.7 Å². The van der Waals surface area contributed by atoms with Gasteiger partial charge in [0.2, 0.25) is 0 Å². The quantitative estimate of drug-likeness (QED) is 0.614. The number of aliphatic hydroxyl groups excluding tert-OH is 1. The lowest BCUT2D eigenvalue weighted by Gasteiger charge is -2.17. The van der Waals surface area contributed by atoms with Crippen molar-refractivity contribution in [3.05, 3.63) is 40.8 Å². The molecule has 5 heteroatoms. The van der Waals surface area contributed by atoms with E-state index in [0.717, 1.165) is 60.2 Å². The number of benzene rings is 1. The minimum Gasteiger partial charge on any atom is -0.511 e. The number of unbranched alkanes of at least 4 members (excludes halogenated alkanes) is 1. The SMILES string of the molecule is CCCCC(=NCCc1c(C)[nH]c2ccc(OC)cc12)C1=C(O)CCCC1=O. The molecule has 2 N–H and O–H groups in total. The van der Waals surface area contributed by atoms with Crippen LogP contribution in [0.25, 0.3) is 10.9 Å². The number of methoxy groups -OCH3 is 1. The number of hydrogen-bond donors (Lipinski definition) is 2. The van der Waals surface area contributed by atoms with Crippen LogP contribution in [0.5, 0.6) is 5.75 Å². The van der Waals surface area contributed by atoms with E-state index in [4.69, 9.17) is 9.73 Å². The van der Waals surface area contributed by atoms with Crippen LogP contribution in [0.3, 0.4) is 0 Å². The van der Waals surface area contributed by atoms with E-state index >= 15 is 0 Å². The Balaban J connectivity index is 1.85. The smallest absolute Gasteiger partial charge is 0.168 e. The Morgan fingerprint density at radius 3 is 2.86 bits per heavy atom. The van der Waals surface area contributed by atoms with Gasteiger partial charge in [-0.25, -0.2) is 0 Å². The number of carbonyl (C=O) groups excluding carboxylic acids is 1. The average molecular weight is 383 g/mol. The molecule has 0 aliphatic heterocycles. The predicted octanol–water partition coefficient (Wildman–Crippen LogP) is 5.22. The highest BCUT2D eigenvalue weighted by molar-refractivity contribution is 6.23. The van der Waals surface area contributed by atoms with Crippen molar-refractivity contribution < 1.29 is 14.6 Å². The number of fused-ring (bicyclic) bond motifs is 1. The summed E-state index contributed by atoms with van der Waals surface area (Å²) in [5, 5.41) is 11.4. The number of ketones is 1. The van der Waals surface area contributed by atoms with Crippen LogP contribution in [-0.2, 0) is 11.2 Å². The van der Waals surface area contributed by atoms with Gasteiger partial charge >= 0.3 is 0 Å². The van der Waals surface area contributed by atoms with E-state index in [-0.39, 0.29) is 11.5 Å². The molecule has 1 aromatic carbocycles. The molecule has 0 bridgehead atoms. The van der Waals surface area contributed by atoms with Crippen molar-refractivity contribution in [2.45, 2.75) is 58.8 Å². The molecule has 1 aliphatic carbocycles. The zero-order valence-corrected chi connectivity index (χ0v) is 17.1. The van der Waals surface area contributed by atoms with E-state index in [1.807, 2.05) is 12.1 Å². The third-order valence-corrected chi connectivity index (χ3v) is 5.43. The van der Waals surface area contributed by atoms with Crippen LogP contribution in [0.2, 0.25) is 0 Å². The minimum absolute atomic E-state index is 0.0339. The zero-order valence-electron chi connectivity index (χ0n) is 17.1. The first kappa shape index (κ1) is 20.2. The summed E-state index contributed by atoms with van der Waals surface area (Å²) >= 11 is 0. The number of aromatic amines is 1. The maximum Gasteiger partial charge on any atom is 0.168 e. The van der Waals surface area contributed by atoms with Gasteiger partial charge < -0.3 is 14.8 Å². The van der Waals surface area contributed by atoms with Crippen molar-refractivity contribution in [2.75, 3.05) is 13.7 Å². The van der Waals surface area contributed by atoms with Crippen LogP contribution < -0.4 is 4.74 Å². The molecule has 1 heterocycles. The number of aliphatic hydroxyl groups is 1. The lowest BCUT2D eigenvalue weighted by atomic mass is 9.90. The van der Waals surface area contributed by atoms with Gasteiger partial charge in [0, 0.05) is 41.7 Å². The molecule has 0 atom stereocenters. The Bertz CT molecular complexity index is 921. The number of Topliss-reactive ketones (excluding diaryl/α,β-unsaturated/α-hetero) is 1. The highest BCUT2D eigenvalue weighted by Gasteiger charge is 2.24. The summed E-state index contributed by atoms with van der Waals surface area (Å²) < 4.78 is 5.36. The first-order valence-corrected chi connectivity index (χ1v) is 10.2. The molecule has 0 spiro atoms. The van der Waals surface area contributed by atoms with Crippen molar-refractivity contribution in [3.8, 4) is 5.75 Å². The van der Waals surface area contributed by atoms with Gasteiger partial charge in [0.1, 0.15) is 11.5 Å². The van der Waals surface area contributed by atoms with Gasteiger partial charge in [0.25, 0.3) is 0 Å². The lowest BCUT2D eigenvalue weighted by molar-refractivity contribution is -0.115. The van der Waals surface area contributed by atoms with Crippen LogP contribution in [0.4, 0.5) is 0 Å². The van der Waals surface area contributed by atoms with Gasteiger partial charge in [-0.1, -0.05) is 13.3 Å². The van der Waals surface area contributed by atoms with Gasteiger partial charge in [-0.3, -0.25) is 9.79 Å². The van der Waals surface area contributed by atoms with Gasteiger partial charge in [-0.05, 0) is 56.4 Å². The molecule has 0 radical (unpaired) electrons. The fourth-order valence-corrected chi connectivity index (χ4v) is 3.90. The van der Waals surface area contributed by atoms with E-state index in [1.165, 1.54) is 5.56 Å². The van der Waals surface area contributed by atoms with Crippen LogP contribution in [-0.4, -0.2) is 35.2 Å². The van der Waals surface area contributed by atoms with Gasteiger partial charge in [-0.15, -0.1) is 0 Å². The summed E-state index contributed by atoms with van der Waals surface area (Å²) in [5.41, 5.74) is 4.70. The van der Waals surface area contributed by atoms with Gasteiger partial charge in [-0.2, -0.15) is 0 Å². The average Bonchev–Trinajstić information content (AvgIpc) is 2.99. The van der Waals surface area contributed by atoms with Crippen molar-refractivity contribution in [1.82, 2.24) is 4.98 Å². The van der Waals surface area contributed by atoms with Crippen LogP contribution in [0.1, 0.15) is 56.7 Å². The molecule has 1 aliphatic rings. The Kier molecular flexibility index (Phi) is 6.55. The summed E-state index contributed by atoms with van der Waals surface area (Å²) in [6, 6.07) is 6.03. The van der Waals surface area contributed by atoms with Crippen molar-refractivity contribution in [2.24, 2.45) is 4.99 Å². The molecule has 28 heavy (non-hydrogen) atoms. The second-order valence-corrected chi connectivity index (χ2v) is 7.42. The molecule has 0 fully saturated rings. The molecule has 0 unspecified atom stereocenters. The number of carbonyl (C=O) groups is 1. The Labute approximate surface area is 166 Å². The zero-order chi connectivity index (χ0) is 20.1. The van der Waals surface area contributed by atoms with Gasteiger partial charge in [0.05, 0.1) is 12.7 Å². The molecule has 0 saturated carbocycles. The van der Waals surface area contributed by atoms with Gasteiger partial charge in [0.15, 0.2) is 5.78 Å². The fourth-order valence-electron chi connectivity index (χ4n) is 3.90. The molecule has 1 aromatic heterocycles. The summed E-state index contributed by atoms with van der Waals surface area (Å²) in [7, 11) is 1.67. The van der Waals surface area contributed by atoms with E-state index in [1.54, 1.807) is 7.11 Å². The highest BCUT2D eigenvalue weighted by Crippen LogP contribution is 2.27. The maximum atomic E-state index is 12.4. The highest BCUT2D eigenvalue weighted by atomic mass is 16.5. The maximum absolute atomic E-state index is 12.4. The van der Waals surface area contributed by atoms with Crippen molar-refractivity contribution in [3.63, 3.8) is 0 Å². The summed E-state index contributed by atoms with van der Waals surface area (Å²) in [5.74, 6) is 1.09. The molecule has 0 amide bonds. The Morgan fingerprint density at radius 1 is 1.32 bits per heavy atom. The van der Waals surface area contributed by atoms with Crippen LogP contribution >= 0.6 is 0 Å². The number of aryl methyl sites for hydroxylation is 1. The molecule has 150 valence electrons. The number of aliphatic imine (C=N–C) groups is 1. The number of ether oxygens (including phenoxy) is 1. The number of nitrogens with one attached hydrogen (secondary N) is 1. The van der Waals surface area contributed by atoms with Crippen LogP contribution in [0.15, 0.2) is 34.5 Å². The standard InChI is InChI=1S/C23H30N2O3/c1-4-5-7-20(23-21(26)8-6-9-22(23)27)24-13-12-17-15(2)25-19-11-10-16(28-3)14-18(17)19/h10-11,14,25-26H,4-9,12-13H2,1-3H3. The van der Waals surface area contributed by atoms with Crippen molar-refractivity contribution >= 4 is 22.4 Å². The third kappa shape index (κ3) is 4.29. The van der Waals surface area contributed by atoms with E-state index in [2.05, 4.69) is 24.9 Å². The summed E-state index contributed by atoms with van der Waals surface area (Å²) in [4.78, 5) is 20.6.